The molecule has 2 rings (SSSR count). The predicted molar refractivity (Wildman–Crippen MR) is 96.1 cm³/mol. The van der Waals surface area contributed by atoms with Crippen LogP contribution in [0.25, 0.3) is 0 Å². The quantitative estimate of drug-likeness (QED) is 0.746. The topological polar surface area (TPSA) is 69.1 Å². The van der Waals surface area contributed by atoms with E-state index in [0.29, 0.717) is 23.1 Å². The summed E-state index contributed by atoms with van der Waals surface area (Å²) in [6.07, 6.45) is 1.48. The molecular formula is C18H26ClN2O4+. The Labute approximate surface area is 153 Å². The Hall–Kier alpha value is -1.79. The van der Waals surface area contributed by atoms with Crippen molar-refractivity contribution in [1.82, 2.24) is 0 Å². The SMILES string of the molecule is CCOC(=O)C1CC[NH+]([C@H](C)C(=O)Nc2cc(Cl)ccc2OC)CC1. The Bertz CT molecular complexity index is 615. The number of hydrogen-bond acceptors (Lipinski definition) is 4. The molecule has 1 aromatic carbocycles. The van der Waals surface area contributed by atoms with Gasteiger partial charge in [-0.25, -0.2) is 0 Å². The second-order valence-electron chi connectivity index (χ2n) is 6.24. The Morgan fingerprint density at radius 1 is 1.36 bits per heavy atom. The van der Waals surface area contributed by atoms with Gasteiger partial charge in [-0.2, -0.15) is 0 Å². The summed E-state index contributed by atoms with van der Waals surface area (Å²) in [5.74, 6) is 0.306. The van der Waals surface area contributed by atoms with Gasteiger partial charge in [-0.15, -0.1) is 0 Å². The van der Waals surface area contributed by atoms with E-state index >= 15 is 0 Å². The minimum absolute atomic E-state index is 0.0491. The Morgan fingerprint density at radius 2 is 2.04 bits per heavy atom. The van der Waals surface area contributed by atoms with Crippen molar-refractivity contribution in [3.63, 3.8) is 0 Å². The van der Waals surface area contributed by atoms with Crippen molar-refractivity contribution >= 4 is 29.2 Å². The van der Waals surface area contributed by atoms with Crippen LogP contribution >= 0.6 is 11.6 Å². The second-order valence-corrected chi connectivity index (χ2v) is 6.68. The summed E-state index contributed by atoms with van der Waals surface area (Å²) >= 11 is 6.00. The van der Waals surface area contributed by atoms with Crippen LogP contribution in [0.15, 0.2) is 18.2 Å². The van der Waals surface area contributed by atoms with Gasteiger partial charge >= 0.3 is 5.97 Å². The molecule has 1 amide bonds. The minimum atomic E-state index is -0.230. The minimum Gasteiger partial charge on any atom is -0.495 e. The van der Waals surface area contributed by atoms with E-state index in [1.54, 1.807) is 25.3 Å². The van der Waals surface area contributed by atoms with Gasteiger partial charge in [-0.3, -0.25) is 9.59 Å². The highest BCUT2D eigenvalue weighted by molar-refractivity contribution is 6.31. The summed E-state index contributed by atoms with van der Waals surface area (Å²) in [4.78, 5) is 25.6. The molecule has 1 fully saturated rings. The van der Waals surface area contributed by atoms with Crippen molar-refractivity contribution in [1.29, 1.82) is 0 Å². The van der Waals surface area contributed by atoms with E-state index in [0.717, 1.165) is 25.9 Å². The number of likely N-dealkylation sites (tertiary alicyclic amines) is 1. The monoisotopic (exact) mass is 369 g/mol. The van der Waals surface area contributed by atoms with E-state index in [9.17, 15) is 9.59 Å². The maximum absolute atomic E-state index is 12.6. The molecule has 1 saturated heterocycles. The summed E-state index contributed by atoms with van der Waals surface area (Å²) in [5.41, 5.74) is 0.563. The number of hydrogen-bond donors (Lipinski definition) is 2. The first-order chi connectivity index (χ1) is 12.0. The number of esters is 1. The number of carbonyl (C=O) groups is 2. The van der Waals surface area contributed by atoms with Gasteiger partial charge in [0.1, 0.15) is 5.75 Å². The van der Waals surface area contributed by atoms with Crippen LogP contribution in [0, 0.1) is 5.92 Å². The maximum Gasteiger partial charge on any atom is 0.309 e. The number of amides is 1. The average Bonchev–Trinajstić information content (AvgIpc) is 2.61. The van der Waals surface area contributed by atoms with E-state index < -0.39 is 0 Å². The first-order valence-electron chi connectivity index (χ1n) is 8.61. The molecular weight excluding hydrogens is 344 g/mol. The Morgan fingerprint density at radius 3 is 2.64 bits per heavy atom. The number of rotatable bonds is 6. The van der Waals surface area contributed by atoms with Crippen molar-refractivity contribution in [2.24, 2.45) is 5.92 Å². The lowest BCUT2D eigenvalue weighted by Gasteiger charge is -2.31. The molecule has 25 heavy (non-hydrogen) atoms. The number of benzene rings is 1. The van der Waals surface area contributed by atoms with Crippen molar-refractivity contribution in [3.8, 4) is 5.75 Å². The van der Waals surface area contributed by atoms with Crippen LogP contribution in [0.5, 0.6) is 5.75 Å². The number of methoxy groups -OCH3 is 1. The fourth-order valence-electron chi connectivity index (χ4n) is 3.12. The number of anilines is 1. The van der Waals surface area contributed by atoms with E-state index in [2.05, 4.69) is 5.32 Å². The number of ether oxygens (including phenoxy) is 2. The van der Waals surface area contributed by atoms with Crippen molar-refractivity contribution in [3.05, 3.63) is 23.2 Å². The number of quaternary nitrogens is 1. The van der Waals surface area contributed by atoms with Crippen LogP contribution in [0.1, 0.15) is 26.7 Å². The van der Waals surface area contributed by atoms with Crippen LogP contribution < -0.4 is 15.0 Å². The van der Waals surface area contributed by atoms with Crippen LogP contribution in [-0.4, -0.2) is 44.7 Å². The van der Waals surface area contributed by atoms with E-state index in [-0.39, 0.29) is 23.8 Å². The van der Waals surface area contributed by atoms with Crippen LogP contribution in [0.2, 0.25) is 5.02 Å². The van der Waals surface area contributed by atoms with E-state index in [1.165, 1.54) is 4.90 Å². The Kier molecular flexibility index (Phi) is 7.08. The number of nitrogens with one attached hydrogen (secondary N) is 2. The predicted octanol–water partition coefficient (Wildman–Crippen LogP) is 1.53. The van der Waals surface area contributed by atoms with Crippen molar-refractivity contribution in [2.75, 3.05) is 32.1 Å². The van der Waals surface area contributed by atoms with Gasteiger partial charge in [0, 0.05) is 17.9 Å². The number of piperidine rings is 1. The molecule has 1 aromatic rings. The summed E-state index contributed by atoms with van der Waals surface area (Å²) in [6, 6.07) is 4.88. The molecule has 138 valence electrons. The van der Waals surface area contributed by atoms with Crippen LogP contribution in [0.4, 0.5) is 5.69 Å². The van der Waals surface area contributed by atoms with Gasteiger partial charge in [-0.05, 0) is 32.0 Å². The third-order valence-electron chi connectivity index (χ3n) is 4.67. The lowest BCUT2D eigenvalue weighted by molar-refractivity contribution is -0.919. The molecule has 2 N–H and O–H groups in total. The molecule has 7 heteroatoms. The fourth-order valence-corrected chi connectivity index (χ4v) is 3.29. The molecule has 0 spiro atoms. The average molecular weight is 370 g/mol. The molecule has 1 aliphatic rings. The zero-order chi connectivity index (χ0) is 18.4. The number of carbonyl (C=O) groups excluding carboxylic acids is 2. The molecule has 0 bridgehead atoms. The molecule has 1 atom stereocenters. The molecule has 0 saturated carbocycles. The third-order valence-corrected chi connectivity index (χ3v) is 4.91. The molecule has 6 nitrogen and oxygen atoms in total. The molecule has 1 heterocycles. The largest absolute Gasteiger partial charge is 0.495 e. The zero-order valence-electron chi connectivity index (χ0n) is 14.9. The summed E-state index contributed by atoms with van der Waals surface area (Å²) < 4.78 is 10.3. The van der Waals surface area contributed by atoms with Crippen LogP contribution in [0.3, 0.4) is 0 Å². The highest BCUT2D eigenvalue weighted by atomic mass is 35.5. The highest BCUT2D eigenvalue weighted by Crippen LogP contribution is 2.27. The smallest absolute Gasteiger partial charge is 0.309 e. The van der Waals surface area contributed by atoms with Gasteiger partial charge in [0.15, 0.2) is 6.04 Å². The first kappa shape index (κ1) is 19.5. The van der Waals surface area contributed by atoms with Gasteiger partial charge in [-0.1, -0.05) is 11.6 Å². The summed E-state index contributed by atoms with van der Waals surface area (Å²) in [5, 5.41) is 3.43. The molecule has 0 aromatic heterocycles. The third kappa shape index (κ3) is 5.09. The summed E-state index contributed by atoms with van der Waals surface area (Å²) in [6.45, 7) is 5.66. The number of halogens is 1. The van der Waals surface area contributed by atoms with Gasteiger partial charge in [0.2, 0.25) is 0 Å². The van der Waals surface area contributed by atoms with E-state index in [1.807, 2.05) is 13.8 Å². The maximum atomic E-state index is 12.6. The summed E-state index contributed by atoms with van der Waals surface area (Å²) in [7, 11) is 1.55. The normalized spacial score (nSPS) is 21.3. The first-order valence-corrected chi connectivity index (χ1v) is 8.99. The standard InChI is InChI=1S/C18H25ClN2O4/c1-4-25-18(23)13-7-9-21(10-8-13)12(2)17(22)20-15-11-14(19)5-6-16(15)24-3/h5-6,11-13H,4,7-10H2,1-3H3,(H,20,22)/p+1/t12-/m1/s1. The zero-order valence-corrected chi connectivity index (χ0v) is 15.7. The lowest BCUT2D eigenvalue weighted by Crippen LogP contribution is -3.17. The van der Waals surface area contributed by atoms with Crippen molar-refractivity contribution in [2.45, 2.75) is 32.7 Å². The Balaban J connectivity index is 1.93. The van der Waals surface area contributed by atoms with E-state index in [4.69, 9.17) is 21.1 Å². The molecule has 0 radical (unpaired) electrons. The molecule has 0 unspecified atom stereocenters. The lowest BCUT2D eigenvalue weighted by atomic mass is 9.96. The van der Waals surface area contributed by atoms with Crippen molar-refractivity contribution < 1.29 is 24.0 Å². The van der Waals surface area contributed by atoms with Gasteiger partial charge < -0.3 is 19.7 Å². The molecule has 1 aliphatic heterocycles. The fraction of sp³-hybridized carbons (Fsp3) is 0.556. The molecule has 0 aliphatic carbocycles. The van der Waals surface area contributed by atoms with Crippen LogP contribution in [-0.2, 0) is 14.3 Å². The van der Waals surface area contributed by atoms with Gasteiger partial charge in [0.05, 0.1) is 38.4 Å². The van der Waals surface area contributed by atoms with Gasteiger partial charge in [0.25, 0.3) is 5.91 Å². The second kappa shape index (κ2) is 9.06. The highest BCUT2D eigenvalue weighted by Gasteiger charge is 2.33.